The Hall–Kier alpha value is -8.66. The minimum atomic E-state index is -1.43. The quantitative estimate of drug-likeness (QED) is 0.0424. The van der Waals surface area contributed by atoms with Crippen molar-refractivity contribution in [2.45, 2.75) is 60.4 Å². The summed E-state index contributed by atoms with van der Waals surface area (Å²) in [7, 11) is 9.48. The molecule has 0 saturated heterocycles. The van der Waals surface area contributed by atoms with Gasteiger partial charge in [-0.1, -0.05) is 46.3 Å². The molecule has 6 N–H and O–H groups in total. The molecule has 8 rings (SSSR count). The maximum absolute atomic E-state index is 12.1. The van der Waals surface area contributed by atoms with Gasteiger partial charge in [0.1, 0.15) is 32.8 Å². The van der Waals surface area contributed by atoms with Crippen molar-refractivity contribution >= 4 is 65.0 Å². The van der Waals surface area contributed by atoms with E-state index in [-0.39, 0.29) is 39.4 Å². The molecule has 0 unspecified atom stereocenters. The molecule has 0 spiro atoms. The molecule has 79 heavy (non-hydrogen) atoms. The predicted molar refractivity (Wildman–Crippen MR) is 322 cm³/mol. The van der Waals surface area contributed by atoms with Gasteiger partial charge in [-0.05, 0) is 114 Å². The van der Waals surface area contributed by atoms with E-state index in [1.807, 2.05) is 145 Å². The van der Waals surface area contributed by atoms with Gasteiger partial charge in [-0.3, -0.25) is 23.9 Å². The van der Waals surface area contributed by atoms with Crippen LogP contribution in [0.2, 0.25) is 19.6 Å². The maximum Gasteiger partial charge on any atom is 0.317 e. The first-order chi connectivity index (χ1) is 36.6. The Balaban J connectivity index is 0.000000297. The lowest BCUT2D eigenvalue weighted by molar-refractivity contribution is -0.137. The molecule has 1 amide bonds. The van der Waals surface area contributed by atoms with Gasteiger partial charge in [0.2, 0.25) is 17.8 Å². The Morgan fingerprint density at radius 1 is 0.696 bits per heavy atom. The molecule has 4 aromatic carbocycles. The number of anilines is 4. The van der Waals surface area contributed by atoms with Crippen LogP contribution in [0.1, 0.15) is 39.8 Å². The van der Waals surface area contributed by atoms with Crippen molar-refractivity contribution in [3.8, 4) is 57.6 Å². The number of carbonyl (C=O) groups is 2. The number of aliphatic carboxylic acids is 1. The largest absolute Gasteiger partial charge is 0.492 e. The molecule has 0 bridgehead atoms. The summed E-state index contributed by atoms with van der Waals surface area (Å²) in [4.78, 5) is 43.5. The van der Waals surface area contributed by atoms with Gasteiger partial charge < -0.3 is 41.2 Å². The molecule has 0 fully saturated rings. The third-order valence-electron chi connectivity index (χ3n) is 10.6. The van der Waals surface area contributed by atoms with Crippen LogP contribution in [0, 0.1) is 23.8 Å². The number of fused-ring (bicyclic) bond motifs is 2. The SMILES string of the molecule is C.C.C#Cc1ccc2nc(Nc3cc(OC[C@@H](C)NC(=O)CN(C)C)cc(-c4cnn(C)c4)c3)ncc2c1.CN(C)CC(=O)O.C[C@@H](N)COc1cc(Nc2ncc3cc(C#C[Si](C)(C)C)ccc3n2)cc(-c2cnn(C)c2)c1. The third-order valence-corrected chi connectivity index (χ3v) is 11.5. The number of nitrogens with zero attached hydrogens (tertiary/aromatic N) is 10. The van der Waals surface area contributed by atoms with Crippen LogP contribution in [0.4, 0.5) is 23.3 Å². The second kappa shape index (κ2) is 29.2. The number of aromatic nitrogens is 8. The van der Waals surface area contributed by atoms with Crippen molar-refractivity contribution in [3.63, 3.8) is 0 Å². The number of carboxylic acid groups (broad SMARTS) is 1. The number of carbonyl (C=O) groups excluding carboxylic acids is 1. The smallest absolute Gasteiger partial charge is 0.317 e. The fraction of sp³-hybridized carbons (Fsp3) is 0.322. The summed E-state index contributed by atoms with van der Waals surface area (Å²) in [5.41, 5.74) is 18.1. The lowest BCUT2D eigenvalue weighted by atomic mass is 10.1. The lowest BCUT2D eigenvalue weighted by Crippen LogP contribution is -2.41. The van der Waals surface area contributed by atoms with Crippen molar-refractivity contribution in [1.29, 1.82) is 0 Å². The number of aryl methyl sites for hydroxylation is 2. The number of nitrogens with one attached hydrogen (secondary N) is 3. The Morgan fingerprint density at radius 3 is 1.59 bits per heavy atom. The second-order valence-electron chi connectivity index (χ2n) is 20.1. The molecule has 4 aromatic heterocycles. The Bertz CT molecular complexity index is 3420. The monoisotopic (exact) mass is 1090 g/mol. The van der Waals surface area contributed by atoms with Crippen molar-refractivity contribution in [3.05, 3.63) is 121 Å². The summed E-state index contributed by atoms with van der Waals surface area (Å²) in [6, 6.07) is 23.2. The highest BCUT2D eigenvalue weighted by molar-refractivity contribution is 6.83. The van der Waals surface area contributed by atoms with Gasteiger partial charge in [0, 0.05) is 101 Å². The first-order valence-electron chi connectivity index (χ1n) is 24.7. The Morgan fingerprint density at radius 2 is 1.18 bits per heavy atom. The highest BCUT2D eigenvalue weighted by atomic mass is 28.3. The molecule has 4 heterocycles. The number of nitrogens with two attached hydrogens (primary N) is 1. The number of benzene rings is 4. The molecule has 8 aromatic rings. The average molecular weight is 1090 g/mol. The van der Waals surface area contributed by atoms with Crippen LogP contribution in [0.15, 0.2) is 110 Å². The zero-order chi connectivity index (χ0) is 55.8. The van der Waals surface area contributed by atoms with Crippen LogP contribution < -0.4 is 31.2 Å². The van der Waals surface area contributed by atoms with E-state index in [1.165, 1.54) is 0 Å². The molecular formula is C59H76N14O5Si. The summed E-state index contributed by atoms with van der Waals surface area (Å²) in [6.45, 7) is 11.7. The van der Waals surface area contributed by atoms with E-state index in [9.17, 15) is 9.59 Å². The Kier molecular flexibility index (Phi) is 23.2. The highest BCUT2D eigenvalue weighted by Gasteiger charge is 2.14. The highest BCUT2D eigenvalue weighted by Crippen LogP contribution is 2.32. The first-order valence-corrected chi connectivity index (χ1v) is 28.2. The van der Waals surface area contributed by atoms with Crippen LogP contribution in [0.3, 0.4) is 0 Å². The minimum Gasteiger partial charge on any atom is -0.492 e. The molecule has 2 atom stereocenters. The van der Waals surface area contributed by atoms with Gasteiger partial charge in [-0.25, -0.2) is 19.9 Å². The first kappa shape index (κ1) is 62.9. The summed E-state index contributed by atoms with van der Waals surface area (Å²) < 4.78 is 15.5. The van der Waals surface area contributed by atoms with E-state index in [0.717, 1.165) is 66.6 Å². The number of hydrogen-bond donors (Lipinski definition) is 5. The molecule has 0 aliphatic rings. The fourth-order valence-corrected chi connectivity index (χ4v) is 7.74. The van der Waals surface area contributed by atoms with E-state index < -0.39 is 14.0 Å². The normalized spacial score (nSPS) is 11.5. The van der Waals surface area contributed by atoms with Gasteiger partial charge in [-0.15, -0.1) is 12.0 Å². The Labute approximate surface area is 466 Å². The summed E-state index contributed by atoms with van der Waals surface area (Å²) >= 11 is 0. The van der Waals surface area contributed by atoms with Gasteiger partial charge in [0.15, 0.2) is 0 Å². The zero-order valence-electron chi connectivity index (χ0n) is 45.6. The lowest BCUT2D eigenvalue weighted by Gasteiger charge is -2.18. The van der Waals surface area contributed by atoms with Crippen molar-refractivity contribution < 1.29 is 24.2 Å². The van der Waals surface area contributed by atoms with Crippen LogP contribution in [0.5, 0.6) is 11.5 Å². The second-order valence-corrected chi connectivity index (χ2v) is 24.8. The molecule has 20 heteroatoms. The van der Waals surface area contributed by atoms with Crippen LogP contribution in [0.25, 0.3) is 44.1 Å². The summed E-state index contributed by atoms with van der Waals surface area (Å²) in [5.74, 6) is 7.40. The number of amides is 1. The van der Waals surface area contributed by atoms with Gasteiger partial charge in [0.05, 0.1) is 42.6 Å². The number of hydrogen-bond acceptors (Lipinski definition) is 15. The standard InChI is InChI=1S/C27H29N7O2.C26H30N6OSi.C4H9NO2.2CH4/c1-6-19-7-8-25-21(9-19)13-28-27(32-25)31-23-10-20(22-14-29-34(5)15-22)11-24(12-23)36-17-18(2)30-26(35)16-33(3)4;1-18(27)17-33-24-12-20(22-15-29-32(2)16-22)11-23(13-24)30-26-28-14-21-10-19(6-7-25(21)31-26)8-9-34(3,4)5;1-5(2)3-4(6)7;;/h1,7-15,18H,16-17H2,2-5H3,(H,30,35)(H,28,31,32);6-7,10-16,18H,17,27H2,1-5H3,(H,28,30,31);3H2,1-2H3,(H,6,7);2*1H4/t2*18-;;;/m11.../s1. The number of rotatable bonds is 17. The summed E-state index contributed by atoms with van der Waals surface area (Å²) in [6.07, 6.45) is 16.6. The molecule has 19 nitrogen and oxygen atoms in total. The zero-order valence-corrected chi connectivity index (χ0v) is 46.6. The number of terminal acetylenes is 1. The fourth-order valence-electron chi connectivity index (χ4n) is 7.22. The van der Waals surface area contributed by atoms with Crippen LogP contribution in [-0.4, -0.2) is 141 Å². The van der Waals surface area contributed by atoms with E-state index in [4.69, 9.17) is 31.7 Å². The van der Waals surface area contributed by atoms with E-state index in [1.54, 1.807) is 40.8 Å². The minimum absolute atomic E-state index is 0. The molecule has 0 saturated carbocycles. The van der Waals surface area contributed by atoms with Crippen LogP contribution in [-0.2, 0) is 23.7 Å². The number of carboxylic acids is 1. The molecule has 416 valence electrons. The number of likely N-dealkylation sites (N-methyl/N-ethyl adjacent to an activating group) is 2. The molecule has 0 aliphatic carbocycles. The molecule has 0 radical (unpaired) electrons. The third kappa shape index (κ3) is 20.7. The number of ether oxygens (including phenoxy) is 2. The van der Waals surface area contributed by atoms with Gasteiger partial charge in [-0.2, -0.15) is 10.2 Å². The average Bonchev–Trinajstić information content (AvgIpc) is 4.03. The van der Waals surface area contributed by atoms with E-state index in [0.29, 0.717) is 43.2 Å². The van der Waals surface area contributed by atoms with Gasteiger partial charge in [0.25, 0.3) is 0 Å². The van der Waals surface area contributed by atoms with Gasteiger partial charge >= 0.3 is 5.97 Å². The van der Waals surface area contributed by atoms with Crippen molar-refractivity contribution in [2.75, 3.05) is 65.1 Å². The van der Waals surface area contributed by atoms with Crippen molar-refractivity contribution in [2.24, 2.45) is 19.8 Å². The topological polar surface area (TPSA) is 229 Å². The van der Waals surface area contributed by atoms with E-state index >= 15 is 0 Å². The predicted octanol–water partition coefficient (Wildman–Crippen LogP) is 8.83. The molecule has 0 aliphatic heterocycles. The maximum atomic E-state index is 12.1. The van der Waals surface area contributed by atoms with Crippen LogP contribution >= 0.6 is 0 Å². The summed E-state index contributed by atoms with van der Waals surface area (Å²) in [5, 5.41) is 28.0. The molecular weight excluding hydrogens is 1010 g/mol. The van der Waals surface area contributed by atoms with E-state index in [2.05, 4.69) is 78.1 Å². The van der Waals surface area contributed by atoms with Crippen molar-refractivity contribution in [1.82, 2.24) is 54.6 Å².